The van der Waals surface area contributed by atoms with E-state index in [0.717, 1.165) is 12.1 Å². The predicted octanol–water partition coefficient (Wildman–Crippen LogP) is 2.59. The average Bonchev–Trinajstić information content (AvgIpc) is 2.49. The van der Waals surface area contributed by atoms with Crippen LogP contribution in [0.4, 0.5) is 0 Å². The Bertz CT molecular complexity index is 415. The standard InChI is InChI=1S/C16H22N2O/c17-10-13-6-8-14(9-7-13)11-18-12-16(19)15-4-2-1-3-5-15/h6-9,15-16,18-19H,1-5,11-12H2/t16-/m0/s1. The SMILES string of the molecule is N#Cc1ccc(CNC[C@H](O)C2CCCCC2)cc1. The molecule has 0 unspecified atom stereocenters. The molecule has 2 rings (SSSR count). The van der Waals surface area contributed by atoms with Crippen molar-refractivity contribution in [2.45, 2.75) is 44.8 Å². The number of aliphatic hydroxyl groups excluding tert-OH is 1. The number of aliphatic hydroxyl groups is 1. The molecule has 1 saturated carbocycles. The van der Waals surface area contributed by atoms with Crippen LogP contribution in [0.5, 0.6) is 0 Å². The molecule has 0 radical (unpaired) electrons. The molecule has 0 aromatic heterocycles. The van der Waals surface area contributed by atoms with Crippen molar-refractivity contribution in [1.29, 1.82) is 5.26 Å². The zero-order valence-electron chi connectivity index (χ0n) is 11.3. The van der Waals surface area contributed by atoms with Crippen molar-refractivity contribution in [2.75, 3.05) is 6.54 Å². The molecule has 3 nitrogen and oxygen atoms in total. The molecule has 1 aliphatic carbocycles. The van der Waals surface area contributed by atoms with Crippen molar-refractivity contribution in [1.82, 2.24) is 5.32 Å². The minimum Gasteiger partial charge on any atom is -0.392 e. The van der Waals surface area contributed by atoms with E-state index in [1.807, 2.05) is 24.3 Å². The number of rotatable bonds is 5. The van der Waals surface area contributed by atoms with Gasteiger partial charge in [-0.2, -0.15) is 5.26 Å². The number of hydrogen-bond acceptors (Lipinski definition) is 3. The van der Waals surface area contributed by atoms with E-state index in [9.17, 15) is 5.11 Å². The Kier molecular flexibility index (Phi) is 5.38. The average molecular weight is 258 g/mol. The Labute approximate surface area is 115 Å². The maximum absolute atomic E-state index is 10.1. The normalized spacial score (nSPS) is 17.9. The van der Waals surface area contributed by atoms with E-state index in [1.165, 1.54) is 32.1 Å². The first-order chi connectivity index (χ1) is 9.29. The molecule has 0 amide bonds. The Hall–Kier alpha value is -1.37. The quantitative estimate of drug-likeness (QED) is 0.853. The maximum Gasteiger partial charge on any atom is 0.0991 e. The largest absolute Gasteiger partial charge is 0.392 e. The van der Waals surface area contributed by atoms with Gasteiger partial charge in [0.1, 0.15) is 0 Å². The number of nitrogens with zero attached hydrogens (tertiary/aromatic N) is 1. The van der Waals surface area contributed by atoms with Gasteiger partial charge in [0.25, 0.3) is 0 Å². The Morgan fingerprint density at radius 3 is 2.53 bits per heavy atom. The summed E-state index contributed by atoms with van der Waals surface area (Å²) in [5.74, 6) is 0.474. The molecule has 0 bridgehead atoms. The molecule has 1 aliphatic rings. The first-order valence-electron chi connectivity index (χ1n) is 7.17. The van der Waals surface area contributed by atoms with Crippen LogP contribution >= 0.6 is 0 Å². The molecule has 1 fully saturated rings. The van der Waals surface area contributed by atoms with Gasteiger partial charge in [-0.3, -0.25) is 0 Å². The highest BCUT2D eigenvalue weighted by atomic mass is 16.3. The van der Waals surface area contributed by atoms with Crippen LogP contribution in [0.2, 0.25) is 0 Å². The number of nitrogens with one attached hydrogen (secondary N) is 1. The van der Waals surface area contributed by atoms with E-state index in [4.69, 9.17) is 5.26 Å². The van der Waals surface area contributed by atoms with Crippen molar-refractivity contribution < 1.29 is 5.11 Å². The maximum atomic E-state index is 10.1. The predicted molar refractivity (Wildman–Crippen MR) is 75.4 cm³/mol. The second-order valence-electron chi connectivity index (χ2n) is 5.41. The molecule has 0 heterocycles. The van der Waals surface area contributed by atoms with Crippen molar-refractivity contribution in [2.24, 2.45) is 5.92 Å². The summed E-state index contributed by atoms with van der Waals surface area (Å²) in [6.45, 7) is 1.40. The summed E-state index contributed by atoms with van der Waals surface area (Å²) in [7, 11) is 0. The van der Waals surface area contributed by atoms with E-state index < -0.39 is 0 Å². The van der Waals surface area contributed by atoms with Crippen LogP contribution < -0.4 is 5.32 Å². The Morgan fingerprint density at radius 2 is 1.89 bits per heavy atom. The third-order valence-electron chi connectivity index (χ3n) is 3.96. The molecular weight excluding hydrogens is 236 g/mol. The molecule has 0 saturated heterocycles. The number of benzene rings is 1. The van der Waals surface area contributed by atoms with Crippen molar-refractivity contribution in [3.8, 4) is 6.07 Å². The van der Waals surface area contributed by atoms with Gasteiger partial charge in [-0.25, -0.2) is 0 Å². The minimum atomic E-state index is -0.223. The second kappa shape index (κ2) is 7.28. The van der Waals surface area contributed by atoms with Gasteiger partial charge in [0.15, 0.2) is 0 Å². The zero-order chi connectivity index (χ0) is 13.5. The summed E-state index contributed by atoms with van der Waals surface area (Å²) < 4.78 is 0. The lowest BCUT2D eigenvalue weighted by molar-refractivity contribution is 0.0839. The molecule has 0 spiro atoms. The van der Waals surface area contributed by atoms with Gasteiger partial charge in [0.05, 0.1) is 17.7 Å². The second-order valence-corrected chi connectivity index (χ2v) is 5.41. The lowest BCUT2D eigenvalue weighted by Gasteiger charge is -2.26. The summed E-state index contributed by atoms with van der Waals surface area (Å²) in [5.41, 5.74) is 1.83. The van der Waals surface area contributed by atoms with Gasteiger partial charge < -0.3 is 10.4 Å². The smallest absolute Gasteiger partial charge is 0.0991 e. The van der Waals surface area contributed by atoms with Gasteiger partial charge in [0, 0.05) is 13.1 Å². The molecule has 1 aromatic rings. The van der Waals surface area contributed by atoms with E-state index in [0.29, 0.717) is 18.0 Å². The molecule has 1 atom stereocenters. The first kappa shape index (κ1) is 14.0. The molecule has 0 aliphatic heterocycles. The molecular formula is C16H22N2O. The van der Waals surface area contributed by atoms with Crippen LogP contribution in [0.1, 0.15) is 43.2 Å². The third kappa shape index (κ3) is 4.34. The van der Waals surface area contributed by atoms with E-state index in [-0.39, 0.29) is 6.10 Å². The van der Waals surface area contributed by atoms with E-state index >= 15 is 0 Å². The highest BCUT2D eigenvalue weighted by Gasteiger charge is 2.20. The van der Waals surface area contributed by atoms with Crippen LogP contribution in [0, 0.1) is 17.2 Å². The highest BCUT2D eigenvalue weighted by Crippen LogP contribution is 2.26. The van der Waals surface area contributed by atoms with Crippen LogP contribution in [0.25, 0.3) is 0 Å². The fourth-order valence-electron chi connectivity index (χ4n) is 2.75. The summed E-state index contributed by atoms with van der Waals surface area (Å²) in [6.07, 6.45) is 5.95. The van der Waals surface area contributed by atoms with Crippen LogP contribution in [0.15, 0.2) is 24.3 Å². The minimum absolute atomic E-state index is 0.223. The van der Waals surface area contributed by atoms with Crippen molar-refractivity contribution in [3.05, 3.63) is 35.4 Å². The van der Waals surface area contributed by atoms with Crippen LogP contribution in [-0.4, -0.2) is 17.8 Å². The van der Waals surface area contributed by atoms with Gasteiger partial charge in [0.2, 0.25) is 0 Å². The molecule has 2 N–H and O–H groups in total. The fourth-order valence-corrected chi connectivity index (χ4v) is 2.75. The lowest BCUT2D eigenvalue weighted by atomic mass is 9.85. The Morgan fingerprint density at radius 1 is 1.21 bits per heavy atom. The van der Waals surface area contributed by atoms with Gasteiger partial charge in [-0.1, -0.05) is 31.4 Å². The third-order valence-corrected chi connectivity index (χ3v) is 3.96. The summed E-state index contributed by atoms with van der Waals surface area (Å²) in [5, 5.41) is 22.2. The fraction of sp³-hybridized carbons (Fsp3) is 0.562. The molecule has 3 heteroatoms. The molecule has 19 heavy (non-hydrogen) atoms. The summed E-state index contributed by atoms with van der Waals surface area (Å²) >= 11 is 0. The van der Waals surface area contributed by atoms with Gasteiger partial charge >= 0.3 is 0 Å². The first-order valence-corrected chi connectivity index (χ1v) is 7.17. The zero-order valence-corrected chi connectivity index (χ0v) is 11.3. The summed E-state index contributed by atoms with van der Waals surface area (Å²) in [4.78, 5) is 0. The molecule has 1 aromatic carbocycles. The van der Waals surface area contributed by atoms with Crippen LogP contribution in [-0.2, 0) is 6.54 Å². The van der Waals surface area contributed by atoms with Gasteiger partial charge in [-0.15, -0.1) is 0 Å². The van der Waals surface area contributed by atoms with E-state index in [1.54, 1.807) is 0 Å². The topological polar surface area (TPSA) is 56.0 Å². The number of nitriles is 1. The Balaban J connectivity index is 1.71. The summed E-state index contributed by atoms with van der Waals surface area (Å²) in [6, 6.07) is 9.68. The lowest BCUT2D eigenvalue weighted by Crippen LogP contribution is -2.33. The highest BCUT2D eigenvalue weighted by molar-refractivity contribution is 5.31. The number of hydrogen-bond donors (Lipinski definition) is 2. The van der Waals surface area contributed by atoms with E-state index in [2.05, 4.69) is 11.4 Å². The monoisotopic (exact) mass is 258 g/mol. The molecule has 102 valence electrons. The van der Waals surface area contributed by atoms with Gasteiger partial charge in [-0.05, 0) is 36.5 Å². The van der Waals surface area contributed by atoms with Crippen molar-refractivity contribution in [3.63, 3.8) is 0 Å². The van der Waals surface area contributed by atoms with Crippen molar-refractivity contribution >= 4 is 0 Å². The van der Waals surface area contributed by atoms with Crippen LogP contribution in [0.3, 0.4) is 0 Å².